The van der Waals surface area contributed by atoms with Crippen molar-refractivity contribution in [1.82, 2.24) is 0 Å². The van der Waals surface area contributed by atoms with E-state index in [0.717, 1.165) is 0 Å². The quantitative estimate of drug-likeness (QED) is 0.320. The molecule has 0 aromatic carbocycles. The Hall–Kier alpha value is 0.806. The topological polar surface area (TPSA) is 0 Å². The molecule has 0 nitrogen and oxygen atoms in total. The van der Waals surface area contributed by atoms with Crippen LogP contribution >= 0.6 is 6.88 Å². The Labute approximate surface area is 171 Å². The van der Waals surface area contributed by atoms with E-state index in [-0.39, 0.29) is 51.4 Å². The molecule has 156 valence electrons. The summed E-state index contributed by atoms with van der Waals surface area (Å²) < 4.78 is 222. The van der Waals surface area contributed by atoms with Gasteiger partial charge < -0.3 is 0 Å². The predicted octanol–water partition coefficient (Wildman–Crippen LogP) is 4.20. The number of halogens is 18. The van der Waals surface area contributed by atoms with Gasteiger partial charge in [-0.15, -0.1) is 0 Å². The van der Waals surface area contributed by atoms with Gasteiger partial charge in [0.2, 0.25) is 0 Å². The van der Waals surface area contributed by atoms with Crippen LogP contribution < -0.4 is 51.4 Å². The van der Waals surface area contributed by atoms with Crippen LogP contribution in [0.5, 0.6) is 0 Å². The van der Waals surface area contributed by atoms with E-state index in [2.05, 4.69) is 0 Å². The van der Waals surface area contributed by atoms with Crippen molar-refractivity contribution in [1.29, 1.82) is 0 Å². The van der Waals surface area contributed by atoms with Crippen molar-refractivity contribution in [2.75, 3.05) is 0 Å². The first-order valence-corrected chi connectivity index (χ1v) is 7.12. The van der Waals surface area contributed by atoms with Crippen LogP contribution in [-0.2, 0) is 0 Å². The largest absolute Gasteiger partial charge is 1.00 e. The molecule has 0 aromatic heterocycles. The first-order valence-electron chi connectivity index (χ1n) is 4.76. The van der Waals surface area contributed by atoms with E-state index in [1.165, 1.54) is 0 Å². The molecule has 0 saturated carbocycles. The third kappa shape index (κ3) is 2.65. The van der Waals surface area contributed by atoms with Gasteiger partial charge in [-0.05, 0) is 0 Å². The normalized spacial score (nSPS) is 18.7. The molecule has 0 amide bonds. The standard InChI is InChI=1S/C6F18P.K/c7-1(8,9)4(16,17)25(22,23,24,5(18,19)2(10,11)12)6(20,21)3(13,14)15;/q-1;+1. The van der Waals surface area contributed by atoms with Crippen LogP contribution in [0, 0.1) is 0 Å². The molecule has 0 radical (unpaired) electrons. The number of alkyl halides is 15. The minimum absolute atomic E-state index is 0. The van der Waals surface area contributed by atoms with Crippen molar-refractivity contribution in [2.45, 2.75) is 35.5 Å². The Morgan fingerprint density at radius 1 is 0.346 bits per heavy atom. The molecule has 0 N–H and O–H groups in total. The van der Waals surface area contributed by atoms with Crippen molar-refractivity contribution < 1.29 is 130 Å². The monoisotopic (exact) mass is 484 g/mol. The van der Waals surface area contributed by atoms with Crippen molar-refractivity contribution in [3.63, 3.8) is 0 Å². The number of hydrogen-bond donors (Lipinski definition) is 0. The Balaban J connectivity index is 0. The maximum Gasteiger partial charge on any atom is 1.00 e. The zero-order valence-corrected chi connectivity index (χ0v) is 15.3. The molecule has 20 heteroatoms. The van der Waals surface area contributed by atoms with E-state index in [9.17, 15) is 78.4 Å². The van der Waals surface area contributed by atoms with E-state index in [1.54, 1.807) is 0 Å². The minimum atomic E-state index is -15.0. The molecular weight excluding hydrogens is 484 g/mol. The maximum atomic E-state index is 13.4. The summed E-state index contributed by atoms with van der Waals surface area (Å²) in [5, 5.41) is 0. The molecule has 0 rings (SSSR count). The van der Waals surface area contributed by atoms with Gasteiger partial charge in [0.05, 0.1) is 0 Å². The molecule has 26 heavy (non-hydrogen) atoms. The molecule has 0 aliphatic carbocycles. The first kappa shape index (κ1) is 29.0. The van der Waals surface area contributed by atoms with Gasteiger partial charge in [-0.25, -0.2) is 0 Å². The van der Waals surface area contributed by atoms with Gasteiger partial charge in [-0.1, -0.05) is 0 Å². The fourth-order valence-electron chi connectivity index (χ4n) is 1.34. The third-order valence-corrected chi connectivity index (χ3v) is 7.18. The fraction of sp³-hybridized carbons (Fsp3) is 1.00. The molecule has 0 saturated heterocycles. The molecule has 0 aromatic rings. The number of hydrogen-bond acceptors (Lipinski definition) is 0. The summed E-state index contributed by atoms with van der Waals surface area (Å²) in [6.07, 6.45) is -26.1. The van der Waals surface area contributed by atoms with Gasteiger partial charge in [0.15, 0.2) is 0 Å². The molecule has 0 heterocycles. The Kier molecular flexibility index (Phi) is 6.60. The summed E-state index contributed by atoms with van der Waals surface area (Å²) in [5.41, 5.74) is -29.3. The summed E-state index contributed by atoms with van der Waals surface area (Å²) in [4.78, 5) is 0. The van der Waals surface area contributed by atoms with Gasteiger partial charge in [-0.3, -0.25) is 0 Å². The molecule has 0 aliphatic rings. The van der Waals surface area contributed by atoms with Crippen molar-refractivity contribution in [3.05, 3.63) is 0 Å². The van der Waals surface area contributed by atoms with Crippen LogP contribution in [0.4, 0.5) is 78.4 Å². The predicted molar refractivity (Wildman–Crippen MR) is 43.2 cm³/mol. The summed E-state index contributed by atoms with van der Waals surface area (Å²) in [5.74, 6) is 0. The summed E-state index contributed by atoms with van der Waals surface area (Å²) >= 11 is 0. The van der Waals surface area contributed by atoms with E-state index in [0.29, 0.717) is 0 Å². The average molecular weight is 484 g/mol. The average Bonchev–Trinajstić information content (AvgIpc) is 2.23. The van der Waals surface area contributed by atoms with Crippen LogP contribution in [0.25, 0.3) is 0 Å². The Morgan fingerprint density at radius 2 is 0.462 bits per heavy atom. The van der Waals surface area contributed by atoms with E-state index < -0.39 is 42.4 Å². The van der Waals surface area contributed by atoms with Gasteiger partial charge in [0, 0.05) is 0 Å². The van der Waals surface area contributed by atoms with Crippen molar-refractivity contribution in [3.8, 4) is 0 Å². The second-order valence-electron chi connectivity index (χ2n) is 4.40. The summed E-state index contributed by atoms with van der Waals surface area (Å²) in [6, 6.07) is 0. The molecular formula is C6F18KP. The maximum absolute atomic E-state index is 15.0. The number of rotatable bonds is 3. The zero-order valence-electron chi connectivity index (χ0n) is 11.3. The molecule has 0 unspecified atom stereocenters. The van der Waals surface area contributed by atoms with Crippen LogP contribution in [0.2, 0.25) is 0 Å². The van der Waals surface area contributed by atoms with E-state index >= 15 is 0 Å². The van der Waals surface area contributed by atoms with Gasteiger partial charge in [-0.2, -0.15) is 0 Å². The smallest absolute Gasteiger partial charge is 1.00 e. The van der Waals surface area contributed by atoms with Gasteiger partial charge >= 0.3 is 172 Å². The Morgan fingerprint density at radius 3 is 0.538 bits per heavy atom. The van der Waals surface area contributed by atoms with Crippen LogP contribution in [0.1, 0.15) is 0 Å². The SMILES string of the molecule is FC(F)(F)C(F)(F)[P-](F)(F)(F)(C(F)(F)C(F)(F)F)C(F)(F)C(F)(F)F.[K+]. The second kappa shape index (κ2) is 5.92. The first-order chi connectivity index (χ1) is 10.1. The van der Waals surface area contributed by atoms with Crippen LogP contribution in [-0.4, -0.2) is 35.5 Å². The molecule has 0 bridgehead atoms. The third-order valence-electron chi connectivity index (χ3n) is 2.82. The summed E-state index contributed by atoms with van der Waals surface area (Å²) in [7, 11) is 0. The molecule has 0 fully saturated rings. The van der Waals surface area contributed by atoms with E-state index in [1.807, 2.05) is 0 Å². The van der Waals surface area contributed by atoms with Crippen LogP contribution in [0.15, 0.2) is 0 Å². The van der Waals surface area contributed by atoms with E-state index in [4.69, 9.17) is 0 Å². The summed E-state index contributed by atoms with van der Waals surface area (Å²) in [6.45, 7) is -15.0. The molecule has 0 aliphatic heterocycles. The van der Waals surface area contributed by atoms with Gasteiger partial charge in [0.1, 0.15) is 0 Å². The molecule has 0 atom stereocenters. The Bertz CT molecular complexity index is 475. The van der Waals surface area contributed by atoms with Crippen molar-refractivity contribution in [2.24, 2.45) is 0 Å². The second-order valence-corrected chi connectivity index (χ2v) is 8.67. The van der Waals surface area contributed by atoms with Crippen molar-refractivity contribution >= 4 is 6.88 Å². The zero-order chi connectivity index (χ0) is 21.4. The van der Waals surface area contributed by atoms with Gasteiger partial charge in [0.25, 0.3) is 0 Å². The molecule has 0 spiro atoms. The van der Waals surface area contributed by atoms with Crippen LogP contribution in [0.3, 0.4) is 0 Å². The fourth-order valence-corrected chi connectivity index (χ4v) is 4.02. The minimum Gasteiger partial charge on any atom is 1.00 e.